The van der Waals surface area contributed by atoms with Crippen LogP contribution in [0.5, 0.6) is 5.75 Å². The van der Waals surface area contributed by atoms with Gasteiger partial charge >= 0.3 is 0 Å². The van der Waals surface area contributed by atoms with Crippen LogP contribution >= 0.6 is 0 Å². The molecule has 1 unspecified atom stereocenters. The number of aromatic nitrogens is 2. The fraction of sp³-hybridized carbons (Fsp3) is 0.353. The SMILES string of the molecule is COc1ccc(-c2cc(C(C)C3CCCCC3)ccn2)c2oc3nc(-c4c(C)cc(C)cc4C)ccc3c12. The molecule has 1 atom stereocenters. The normalized spacial score (nSPS) is 15.3. The van der Waals surface area contributed by atoms with E-state index in [1.54, 1.807) is 7.11 Å². The average Bonchev–Trinajstić information content (AvgIpc) is 3.31. The maximum absolute atomic E-state index is 6.53. The van der Waals surface area contributed by atoms with Gasteiger partial charge in [0.15, 0.2) is 5.58 Å². The summed E-state index contributed by atoms with van der Waals surface area (Å²) in [4.78, 5) is 9.80. The first-order valence-corrected chi connectivity index (χ1v) is 13.9. The van der Waals surface area contributed by atoms with Gasteiger partial charge in [-0.2, -0.15) is 0 Å². The number of hydrogen-bond acceptors (Lipinski definition) is 4. The van der Waals surface area contributed by atoms with E-state index in [1.165, 1.54) is 54.4 Å². The van der Waals surface area contributed by atoms with Crippen LogP contribution in [0.25, 0.3) is 44.6 Å². The molecule has 1 aliphatic rings. The second-order valence-electron chi connectivity index (χ2n) is 11.1. The minimum atomic E-state index is 0.520. The maximum Gasteiger partial charge on any atom is 0.228 e. The van der Waals surface area contributed by atoms with Crippen molar-refractivity contribution in [3.63, 3.8) is 0 Å². The number of fused-ring (bicyclic) bond motifs is 3. The fourth-order valence-electron chi connectivity index (χ4n) is 6.61. The van der Waals surface area contributed by atoms with E-state index in [9.17, 15) is 0 Å². The first-order chi connectivity index (χ1) is 18.4. The Morgan fingerprint density at radius 2 is 1.66 bits per heavy atom. The molecular formula is C34H36N2O2. The van der Waals surface area contributed by atoms with Crippen LogP contribution in [0.2, 0.25) is 0 Å². The summed E-state index contributed by atoms with van der Waals surface area (Å²) >= 11 is 0. The highest BCUT2D eigenvalue weighted by atomic mass is 16.5. The largest absolute Gasteiger partial charge is 0.496 e. The molecule has 0 N–H and O–H groups in total. The van der Waals surface area contributed by atoms with Crippen molar-refractivity contribution in [2.45, 2.75) is 65.7 Å². The number of aryl methyl sites for hydroxylation is 3. The Kier molecular flexibility index (Phi) is 6.43. The third-order valence-corrected chi connectivity index (χ3v) is 8.54. The lowest BCUT2D eigenvalue weighted by Crippen LogP contribution is -2.14. The number of rotatable bonds is 5. The number of nitrogens with zero attached hydrogens (tertiary/aromatic N) is 2. The van der Waals surface area contributed by atoms with Gasteiger partial charge in [0.25, 0.3) is 0 Å². The van der Waals surface area contributed by atoms with E-state index in [4.69, 9.17) is 19.1 Å². The van der Waals surface area contributed by atoms with Gasteiger partial charge in [-0.15, -0.1) is 0 Å². The third-order valence-electron chi connectivity index (χ3n) is 8.54. The van der Waals surface area contributed by atoms with Crippen molar-refractivity contribution in [2.24, 2.45) is 5.92 Å². The second kappa shape index (κ2) is 9.90. The zero-order valence-electron chi connectivity index (χ0n) is 23.1. The molecule has 0 aliphatic heterocycles. The molecule has 194 valence electrons. The van der Waals surface area contributed by atoms with Crippen LogP contribution in [0.15, 0.2) is 59.1 Å². The van der Waals surface area contributed by atoms with Crippen molar-refractivity contribution in [3.8, 4) is 28.3 Å². The first-order valence-electron chi connectivity index (χ1n) is 13.9. The molecule has 2 aromatic carbocycles. The molecule has 0 bridgehead atoms. The number of ether oxygens (including phenoxy) is 1. The lowest BCUT2D eigenvalue weighted by molar-refractivity contribution is 0.316. The summed E-state index contributed by atoms with van der Waals surface area (Å²) in [7, 11) is 1.71. The predicted octanol–water partition coefficient (Wildman–Crippen LogP) is 9.33. The zero-order valence-corrected chi connectivity index (χ0v) is 23.1. The van der Waals surface area contributed by atoms with Crippen molar-refractivity contribution in [1.29, 1.82) is 0 Å². The van der Waals surface area contributed by atoms with Gasteiger partial charge in [0.2, 0.25) is 5.71 Å². The van der Waals surface area contributed by atoms with Crippen LogP contribution < -0.4 is 4.74 Å². The summed E-state index contributed by atoms with van der Waals surface area (Å²) in [6.07, 6.45) is 8.66. The molecule has 5 aromatic rings. The molecule has 6 rings (SSSR count). The number of furan rings is 1. The molecule has 1 aliphatic carbocycles. The summed E-state index contributed by atoms with van der Waals surface area (Å²) in [6.45, 7) is 8.80. The van der Waals surface area contributed by atoms with E-state index >= 15 is 0 Å². The van der Waals surface area contributed by atoms with Gasteiger partial charge in [-0.1, -0.05) is 43.9 Å². The van der Waals surface area contributed by atoms with Gasteiger partial charge in [0.05, 0.1) is 29.3 Å². The topological polar surface area (TPSA) is 48.2 Å². The maximum atomic E-state index is 6.53. The Bertz CT molecular complexity index is 1620. The molecule has 1 fully saturated rings. The molecule has 0 saturated heterocycles. The Morgan fingerprint density at radius 3 is 2.39 bits per heavy atom. The van der Waals surface area contributed by atoms with Crippen molar-refractivity contribution in [3.05, 3.63) is 77.0 Å². The van der Waals surface area contributed by atoms with Crippen LogP contribution in [-0.4, -0.2) is 17.1 Å². The lowest BCUT2D eigenvalue weighted by Gasteiger charge is -2.28. The van der Waals surface area contributed by atoms with Crippen LogP contribution in [0, 0.1) is 26.7 Å². The summed E-state index contributed by atoms with van der Waals surface area (Å²) in [5.74, 6) is 2.05. The summed E-state index contributed by atoms with van der Waals surface area (Å²) in [5.41, 5.74) is 10.4. The van der Waals surface area contributed by atoms with E-state index in [2.05, 4.69) is 70.2 Å². The first kappa shape index (κ1) is 24.7. The predicted molar refractivity (Wildman–Crippen MR) is 156 cm³/mol. The Morgan fingerprint density at radius 1 is 0.895 bits per heavy atom. The molecule has 1 saturated carbocycles. The van der Waals surface area contributed by atoms with Gasteiger partial charge in [0.1, 0.15) is 5.75 Å². The minimum Gasteiger partial charge on any atom is -0.496 e. The Labute approximate surface area is 225 Å². The number of benzene rings is 2. The van der Waals surface area contributed by atoms with E-state index in [-0.39, 0.29) is 0 Å². The molecular weight excluding hydrogens is 468 g/mol. The van der Waals surface area contributed by atoms with Crippen molar-refractivity contribution in [1.82, 2.24) is 9.97 Å². The smallest absolute Gasteiger partial charge is 0.228 e. The summed E-state index contributed by atoms with van der Waals surface area (Å²) < 4.78 is 12.3. The van der Waals surface area contributed by atoms with Crippen LogP contribution in [-0.2, 0) is 0 Å². The fourth-order valence-corrected chi connectivity index (χ4v) is 6.61. The molecule has 0 spiro atoms. The van der Waals surface area contributed by atoms with Crippen molar-refractivity contribution >= 4 is 22.1 Å². The van der Waals surface area contributed by atoms with Crippen LogP contribution in [0.3, 0.4) is 0 Å². The van der Waals surface area contributed by atoms with Crippen LogP contribution in [0.4, 0.5) is 0 Å². The monoisotopic (exact) mass is 504 g/mol. The molecule has 0 amide bonds. The molecule has 3 heterocycles. The average molecular weight is 505 g/mol. The van der Waals surface area contributed by atoms with E-state index in [0.717, 1.165) is 50.5 Å². The number of hydrogen-bond donors (Lipinski definition) is 0. The van der Waals surface area contributed by atoms with Gasteiger partial charge in [-0.05, 0) is 98.5 Å². The molecule has 0 radical (unpaired) electrons. The Hall–Kier alpha value is -3.66. The van der Waals surface area contributed by atoms with Crippen molar-refractivity contribution in [2.75, 3.05) is 7.11 Å². The number of pyridine rings is 2. The van der Waals surface area contributed by atoms with E-state index < -0.39 is 0 Å². The zero-order chi connectivity index (χ0) is 26.4. The molecule has 4 heteroatoms. The standard InChI is InChI=1S/C34H36N2O2/c1-20-17-21(2)31(22(3)18-20)28-13-11-27-32-30(37-5)14-12-26(33(32)38-34(27)36-28)29-19-25(15-16-35-29)23(4)24-9-7-6-8-10-24/h11-19,23-24H,6-10H2,1-5H3. The van der Waals surface area contributed by atoms with Crippen LogP contribution in [0.1, 0.15) is 67.2 Å². The molecule has 38 heavy (non-hydrogen) atoms. The highest BCUT2D eigenvalue weighted by Crippen LogP contribution is 2.42. The van der Waals surface area contributed by atoms with E-state index in [1.807, 2.05) is 12.3 Å². The van der Waals surface area contributed by atoms with Gasteiger partial charge in [-0.25, -0.2) is 4.98 Å². The van der Waals surface area contributed by atoms with Gasteiger partial charge < -0.3 is 9.15 Å². The summed E-state index contributed by atoms with van der Waals surface area (Å²) in [5, 5.41) is 1.90. The second-order valence-corrected chi connectivity index (χ2v) is 11.1. The Balaban J connectivity index is 1.48. The van der Waals surface area contributed by atoms with Gasteiger partial charge in [-0.3, -0.25) is 4.98 Å². The quantitative estimate of drug-likeness (QED) is 0.239. The molecule has 3 aromatic heterocycles. The third kappa shape index (κ3) is 4.26. The van der Waals surface area contributed by atoms with Crippen molar-refractivity contribution < 1.29 is 9.15 Å². The highest BCUT2D eigenvalue weighted by Gasteiger charge is 2.23. The summed E-state index contributed by atoms with van der Waals surface area (Å²) in [6, 6.07) is 17.2. The minimum absolute atomic E-state index is 0.520. The lowest BCUT2D eigenvalue weighted by atomic mass is 9.78. The van der Waals surface area contributed by atoms with E-state index in [0.29, 0.717) is 11.6 Å². The van der Waals surface area contributed by atoms with Gasteiger partial charge in [0, 0.05) is 17.3 Å². The number of methoxy groups -OCH3 is 1. The molecule has 4 nitrogen and oxygen atoms in total. The highest BCUT2D eigenvalue weighted by molar-refractivity contribution is 6.12.